The standard InChI is InChI=1S/C21H24N4O/c1-15(20-24-23-18-7-5-6-14-25(18)20)22-19(26)13-10-16-8-11-17(12-9-16)21(2,3)4/h5-15H,1-4H3,(H,22,26)/b13-10+. The maximum absolute atomic E-state index is 12.2. The predicted molar refractivity (Wildman–Crippen MR) is 104 cm³/mol. The fourth-order valence-electron chi connectivity index (χ4n) is 2.75. The molecule has 0 saturated heterocycles. The second kappa shape index (κ2) is 7.12. The summed E-state index contributed by atoms with van der Waals surface area (Å²) in [5.41, 5.74) is 3.15. The maximum Gasteiger partial charge on any atom is 0.244 e. The fourth-order valence-corrected chi connectivity index (χ4v) is 2.75. The van der Waals surface area contributed by atoms with Gasteiger partial charge in [-0.25, -0.2) is 0 Å². The average molecular weight is 348 g/mol. The molecule has 1 N–H and O–H groups in total. The van der Waals surface area contributed by atoms with Crippen LogP contribution in [0.15, 0.2) is 54.7 Å². The first-order valence-electron chi connectivity index (χ1n) is 8.73. The summed E-state index contributed by atoms with van der Waals surface area (Å²) >= 11 is 0. The lowest BCUT2D eigenvalue weighted by Gasteiger charge is -2.18. The Morgan fingerprint density at radius 1 is 1.12 bits per heavy atom. The molecular formula is C21H24N4O. The Hall–Kier alpha value is -2.95. The summed E-state index contributed by atoms with van der Waals surface area (Å²) in [6.07, 6.45) is 5.25. The third-order valence-electron chi connectivity index (χ3n) is 4.29. The Bertz CT molecular complexity index is 933. The number of amides is 1. The van der Waals surface area contributed by atoms with E-state index < -0.39 is 0 Å². The molecule has 1 unspecified atom stereocenters. The van der Waals surface area contributed by atoms with Crippen LogP contribution in [0.4, 0.5) is 0 Å². The normalized spacial score (nSPS) is 13.2. The van der Waals surface area contributed by atoms with E-state index in [0.717, 1.165) is 11.2 Å². The number of pyridine rings is 1. The number of carbonyl (C=O) groups excluding carboxylic acids is 1. The SMILES string of the molecule is CC(NC(=O)/C=C/c1ccc(C(C)(C)C)cc1)c1nnc2ccccn12. The first-order chi connectivity index (χ1) is 12.3. The van der Waals surface area contributed by atoms with Gasteiger partial charge in [0.15, 0.2) is 11.5 Å². The van der Waals surface area contributed by atoms with Crippen LogP contribution in [0.25, 0.3) is 11.7 Å². The minimum absolute atomic E-state index is 0.121. The summed E-state index contributed by atoms with van der Waals surface area (Å²) in [4.78, 5) is 12.2. The average Bonchev–Trinajstić information content (AvgIpc) is 3.04. The molecule has 0 spiro atoms. The molecule has 3 aromatic rings. The summed E-state index contributed by atoms with van der Waals surface area (Å²) < 4.78 is 1.87. The lowest BCUT2D eigenvalue weighted by Crippen LogP contribution is -2.26. The van der Waals surface area contributed by atoms with E-state index in [4.69, 9.17) is 0 Å². The number of hydrogen-bond acceptors (Lipinski definition) is 3. The van der Waals surface area contributed by atoms with Crippen LogP contribution in [-0.2, 0) is 10.2 Å². The van der Waals surface area contributed by atoms with Crippen LogP contribution in [0.2, 0.25) is 0 Å². The van der Waals surface area contributed by atoms with Crippen LogP contribution < -0.4 is 5.32 Å². The molecule has 1 aromatic carbocycles. The quantitative estimate of drug-likeness (QED) is 0.727. The summed E-state index contributed by atoms with van der Waals surface area (Å²) in [6.45, 7) is 8.44. The highest BCUT2D eigenvalue weighted by Crippen LogP contribution is 2.22. The van der Waals surface area contributed by atoms with Crippen molar-refractivity contribution in [3.05, 3.63) is 71.7 Å². The first-order valence-corrected chi connectivity index (χ1v) is 8.73. The number of rotatable bonds is 4. The molecule has 0 fully saturated rings. The molecule has 0 saturated carbocycles. The largest absolute Gasteiger partial charge is 0.343 e. The van der Waals surface area contributed by atoms with Crippen molar-refractivity contribution in [3.8, 4) is 0 Å². The Morgan fingerprint density at radius 2 is 1.85 bits per heavy atom. The number of hydrogen-bond donors (Lipinski definition) is 1. The van der Waals surface area contributed by atoms with Crippen LogP contribution in [0, 0.1) is 0 Å². The van der Waals surface area contributed by atoms with Gasteiger partial charge >= 0.3 is 0 Å². The van der Waals surface area contributed by atoms with Gasteiger partial charge in [-0.05, 0) is 41.7 Å². The molecule has 0 aliphatic rings. The van der Waals surface area contributed by atoms with Crippen LogP contribution in [0.1, 0.15) is 50.7 Å². The molecule has 26 heavy (non-hydrogen) atoms. The van der Waals surface area contributed by atoms with Crippen molar-refractivity contribution in [2.24, 2.45) is 0 Å². The van der Waals surface area contributed by atoms with Gasteiger partial charge in [0.25, 0.3) is 0 Å². The highest BCUT2D eigenvalue weighted by Gasteiger charge is 2.15. The maximum atomic E-state index is 12.2. The van der Waals surface area contributed by atoms with Gasteiger partial charge in [-0.15, -0.1) is 10.2 Å². The van der Waals surface area contributed by atoms with E-state index in [0.29, 0.717) is 5.82 Å². The van der Waals surface area contributed by atoms with Gasteiger partial charge < -0.3 is 5.32 Å². The molecule has 5 nitrogen and oxygen atoms in total. The van der Waals surface area contributed by atoms with Crippen molar-refractivity contribution in [3.63, 3.8) is 0 Å². The number of fused-ring (bicyclic) bond motifs is 1. The third kappa shape index (κ3) is 3.99. The molecule has 134 valence electrons. The lowest BCUT2D eigenvalue weighted by molar-refractivity contribution is -0.117. The number of nitrogens with zero attached hydrogens (tertiary/aromatic N) is 3. The zero-order valence-electron chi connectivity index (χ0n) is 15.6. The highest BCUT2D eigenvalue weighted by molar-refractivity contribution is 5.91. The molecule has 0 bridgehead atoms. The number of nitrogens with one attached hydrogen (secondary N) is 1. The molecule has 5 heteroatoms. The second-order valence-electron chi connectivity index (χ2n) is 7.42. The summed E-state index contributed by atoms with van der Waals surface area (Å²) in [5, 5.41) is 11.2. The van der Waals surface area contributed by atoms with Crippen molar-refractivity contribution in [2.45, 2.75) is 39.2 Å². The van der Waals surface area contributed by atoms with Crippen molar-refractivity contribution in [2.75, 3.05) is 0 Å². The first kappa shape index (κ1) is 17.9. The van der Waals surface area contributed by atoms with Gasteiger partial charge in [-0.2, -0.15) is 0 Å². The highest BCUT2D eigenvalue weighted by atomic mass is 16.1. The zero-order valence-corrected chi connectivity index (χ0v) is 15.6. The van der Waals surface area contributed by atoms with E-state index in [-0.39, 0.29) is 17.4 Å². The molecular weight excluding hydrogens is 324 g/mol. The predicted octanol–water partition coefficient (Wildman–Crippen LogP) is 3.92. The van der Waals surface area contributed by atoms with Crippen molar-refractivity contribution < 1.29 is 4.79 Å². The van der Waals surface area contributed by atoms with Crippen molar-refractivity contribution in [1.29, 1.82) is 0 Å². The van der Waals surface area contributed by atoms with Gasteiger partial charge in [-0.1, -0.05) is 51.1 Å². The van der Waals surface area contributed by atoms with Crippen molar-refractivity contribution >= 4 is 17.6 Å². The van der Waals surface area contributed by atoms with Crippen LogP contribution in [-0.4, -0.2) is 20.5 Å². The molecule has 0 radical (unpaired) electrons. The Kier molecular flexibility index (Phi) is 4.89. The van der Waals surface area contributed by atoms with E-state index in [9.17, 15) is 4.79 Å². The molecule has 1 atom stereocenters. The Labute approximate surface area is 153 Å². The third-order valence-corrected chi connectivity index (χ3v) is 4.29. The van der Waals surface area contributed by atoms with E-state index >= 15 is 0 Å². The molecule has 0 aliphatic carbocycles. The van der Waals surface area contributed by atoms with E-state index in [2.05, 4.69) is 48.4 Å². The fraction of sp³-hybridized carbons (Fsp3) is 0.286. The molecule has 3 rings (SSSR count). The Balaban J connectivity index is 1.65. The molecule has 0 aliphatic heterocycles. The zero-order chi connectivity index (χ0) is 18.7. The van der Waals surface area contributed by atoms with Gasteiger partial charge in [-0.3, -0.25) is 9.20 Å². The van der Waals surface area contributed by atoms with Gasteiger partial charge in [0.1, 0.15) is 0 Å². The molecule has 1 amide bonds. The second-order valence-corrected chi connectivity index (χ2v) is 7.42. The van der Waals surface area contributed by atoms with E-state index in [1.807, 2.05) is 53.9 Å². The molecule has 2 aromatic heterocycles. The van der Waals surface area contributed by atoms with Gasteiger partial charge in [0.2, 0.25) is 5.91 Å². The van der Waals surface area contributed by atoms with Gasteiger partial charge in [0, 0.05) is 12.3 Å². The van der Waals surface area contributed by atoms with Crippen LogP contribution in [0.3, 0.4) is 0 Å². The van der Waals surface area contributed by atoms with Crippen LogP contribution in [0.5, 0.6) is 0 Å². The minimum atomic E-state index is -0.243. The summed E-state index contributed by atoms with van der Waals surface area (Å²) in [7, 11) is 0. The van der Waals surface area contributed by atoms with E-state index in [1.165, 1.54) is 5.56 Å². The molecule has 2 heterocycles. The topological polar surface area (TPSA) is 59.3 Å². The van der Waals surface area contributed by atoms with Crippen molar-refractivity contribution in [1.82, 2.24) is 19.9 Å². The van der Waals surface area contributed by atoms with Crippen LogP contribution >= 0.6 is 0 Å². The lowest BCUT2D eigenvalue weighted by atomic mass is 9.87. The number of aromatic nitrogens is 3. The summed E-state index contributed by atoms with van der Waals surface area (Å²) in [5.74, 6) is 0.543. The van der Waals surface area contributed by atoms with E-state index in [1.54, 1.807) is 6.08 Å². The number of carbonyl (C=O) groups is 1. The monoisotopic (exact) mass is 348 g/mol. The van der Waals surface area contributed by atoms with Gasteiger partial charge in [0.05, 0.1) is 6.04 Å². The minimum Gasteiger partial charge on any atom is -0.343 e. The Morgan fingerprint density at radius 3 is 2.54 bits per heavy atom. The number of benzene rings is 1. The smallest absolute Gasteiger partial charge is 0.244 e. The summed E-state index contributed by atoms with van der Waals surface area (Å²) in [6, 6.07) is 13.7.